The lowest BCUT2D eigenvalue weighted by Crippen LogP contribution is -2.14. The largest absolute Gasteiger partial charge is 0.495 e. The van der Waals surface area contributed by atoms with Crippen LogP contribution in [0.2, 0.25) is 0 Å². The summed E-state index contributed by atoms with van der Waals surface area (Å²) in [5, 5.41) is 6.26. The van der Waals surface area contributed by atoms with E-state index in [0.717, 1.165) is 11.3 Å². The van der Waals surface area contributed by atoms with Crippen LogP contribution in [0.4, 0.5) is 11.5 Å². The number of nitrogens with one attached hydrogen (secondary N) is 2. The first-order valence-electron chi connectivity index (χ1n) is 7.81. The number of carbonyl (C=O) groups excluding carboxylic acids is 1. The summed E-state index contributed by atoms with van der Waals surface area (Å²) < 4.78 is 38.1. The molecule has 142 valence electrons. The number of para-hydroxylation sites is 2. The lowest BCUT2D eigenvalue weighted by Gasteiger charge is -2.11. The monoisotopic (exact) mass is 407 g/mol. The van der Waals surface area contributed by atoms with Gasteiger partial charge >= 0.3 is 0 Å². The summed E-state index contributed by atoms with van der Waals surface area (Å²) in [4.78, 5) is 13.1. The fourth-order valence-corrected chi connectivity index (χ4v) is 4.93. The third-order valence-electron chi connectivity index (χ3n) is 3.61. The van der Waals surface area contributed by atoms with Crippen LogP contribution < -0.4 is 14.8 Å². The minimum Gasteiger partial charge on any atom is -0.495 e. The smallest absolute Gasteiger partial charge is 0.267 e. The lowest BCUT2D eigenvalue weighted by atomic mass is 10.3. The van der Waals surface area contributed by atoms with Crippen molar-refractivity contribution >= 4 is 38.8 Å². The first-order valence-corrected chi connectivity index (χ1v) is 10.1. The highest BCUT2D eigenvalue weighted by Crippen LogP contribution is 2.31. The maximum Gasteiger partial charge on any atom is 0.267 e. The predicted molar refractivity (Wildman–Crippen MR) is 102 cm³/mol. The molecule has 0 saturated heterocycles. The van der Waals surface area contributed by atoms with Gasteiger partial charge in [0.05, 0.1) is 17.7 Å². The third kappa shape index (κ3) is 4.12. The van der Waals surface area contributed by atoms with Gasteiger partial charge in [-0.25, -0.2) is 8.42 Å². The van der Waals surface area contributed by atoms with Crippen molar-refractivity contribution in [2.75, 3.05) is 17.1 Å². The number of nitrogens with zero attached hydrogens (tertiary/aromatic N) is 1. The fraction of sp³-hybridized carbons (Fsp3) is 0.176. The molecule has 1 aromatic carbocycles. The van der Waals surface area contributed by atoms with Crippen molar-refractivity contribution < 1.29 is 22.5 Å². The summed E-state index contributed by atoms with van der Waals surface area (Å²) in [6, 6.07) is 9.58. The summed E-state index contributed by atoms with van der Waals surface area (Å²) >= 11 is 1.08. The van der Waals surface area contributed by atoms with E-state index in [1.165, 1.54) is 13.2 Å². The van der Waals surface area contributed by atoms with Crippen molar-refractivity contribution in [3.63, 3.8) is 0 Å². The van der Waals surface area contributed by atoms with E-state index < -0.39 is 15.9 Å². The minimum absolute atomic E-state index is 0.0277. The number of aryl methyl sites for hydroxylation is 2. The van der Waals surface area contributed by atoms with Gasteiger partial charge in [0.2, 0.25) is 0 Å². The van der Waals surface area contributed by atoms with E-state index in [4.69, 9.17) is 9.26 Å². The number of hydrogen-bond acceptors (Lipinski definition) is 7. The Bertz CT molecular complexity index is 1090. The molecule has 10 heteroatoms. The zero-order chi connectivity index (χ0) is 19.6. The van der Waals surface area contributed by atoms with Crippen molar-refractivity contribution in [3.8, 4) is 5.75 Å². The van der Waals surface area contributed by atoms with Crippen molar-refractivity contribution in [3.05, 3.63) is 51.9 Å². The number of ether oxygens (including phenoxy) is 1. The van der Waals surface area contributed by atoms with Crippen molar-refractivity contribution in [1.82, 2.24) is 5.16 Å². The van der Waals surface area contributed by atoms with E-state index in [2.05, 4.69) is 15.2 Å². The highest BCUT2D eigenvalue weighted by molar-refractivity contribution is 7.93. The molecule has 2 aromatic heterocycles. The maximum atomic E-state index is 12.8. The van der Waals surface area contributed by atoms with Gasteiger partial charge in [-0.05, 0) is 32.0 Å². The normalized spacial score (nSPS) is 11.2. The van der Waals surface area contributed by atoms with E-state index in [-0.39, 0.29) is 15.6 Å². The quantitative estimate of drug-likeness (QED) is 0.648. The second kappa shape index (κ2) is 7.41. The molecule has 0 unspecified atom stereocenters. The second-order valence-corrected chi connectivity index (χ2v) is 8.52. The van der Waals surface area contributed by atoms with E-state index in [0.29, 0.717) is 22.1 Å². The number of amides is 1. The van der Waals surface area contributed by atoms with Gasteiger partial charge < -0.3 is 14.6 Å². The van der Waals surface area contributed by atoms with Crippen LogP contribution in [0.1, 0.15) is 20.3 Å². The highest BCUT2D eigenvalue weighted by Gasteiger charge is 2.24. The molecule has 0 radical (unpaired) electrons. The van der Waals surface area contributed by atoms with E-state index >= 15 is 0 Å². The van der Waals surface area contributed by atoms with Crippen LogP contribution in [-0.2, 0) is 10.0 Å². The van der Waals surface area contributed by atoms with Crippen LogP contribution in [0.5, 0.6) is 5.75 Å². The Balaban J connectivity index is 1.85. The highest BCUT2D eigenvalue weighted by atomic mass is 32.2. The molecule has 0 fully saturated rings. The topological polar surface area (TPSA) is 111 Å². The summed E-state index contributed by atoms with van der Waals surface area (Å²) in [5.74, 6) is 0.750. The summed E-state index contributed by atoms with van der Waals surface area (Å²) in [7, 11) is -2.44. The van der Waals surface area contributed by atoms with Gasteiger partial charge in [0, 0.05) is 10.9 Å². The number of sulfonamides is 1. The van der Waals surface area contributed by atoms with E-state index in [1.807, 2.05) is 0 Å². The molecule has 0 saturated carbocycles. The molecule has 0 spiro atoms. The molecular formula is C17H17N3O5S2. The zero-order valence-electron chi connectivity index (χ0n) is 14.8. The first kappa shape index (κ1) is 18.9. The fourth-order valence-electron chi connectivity index (χ4n) is 2.38. The Kier molecular flexibility index (Phi) is 5.19. The molecule has 2 N–H and O–H groups in total. The zero-order valence-corrected chi connectivity index (χ0v) is 16.4. The number of methoxy groups -OCH3 is 1. The number of rotatable bonds is 6. The third-order valence-corrected chi connectivity index (χ3v) is 6.28. The van der Waals surface area contributed by atoms with Crippen LogP contribution in [-0.4, -0.2) is 26.6 Å². The number of anilines is 2. The molecule has 0 aliphatic heterocycles. The Hall–Kier alpha value is -2.85. The number of hydrogen-bond donors (Lipinski definition) is 2. The Morgan fingerprint density at radius 1 is 1.22 bits per heavy atom. The number of carbonyl (C=O) groups is 1. The number of thiophene rings is 1. The molecule has 8 nitrogen and oxygen atoms in total. The van der Waals surface area contributed by atoms with E-state index in [9.17, 15) is 13.2 Å². The van der Waals surface area contributed by atoms with Crippen LogP contribution in [0.15, 0.2) is 45.8 Å². The van der Waals surface area contributed by atoms with Crippen molar-refractivity contribution in [2.24, 2.45) is 0 Å². The maximum absolute atomic E-state index is 12.8. The van der Waals surface area contributed by atoms with Gasteiger partial charge in [-0.3, -0.25) is 9.52 Å². The first-order chi connectivity index (χ1) is 12.8. The molecule has 1 amide bonds. The number of benzene rings is 1. The number of aromatic nitrogens is 1. The molecule has 0 aliphatic rings. The SMILES string of the molecule is COc1ccccc1NS(=O)(=O)c1cc(C(=O)Nc2cc(C)on2)sc1C. The average molecular weight is 407 g/mol. The van der Waals surface area contributed by atoms with Crippen LogP contribution in [0.25, 0.3) is 0 Å². The molecule has 2 heterocycles. The summed E-state index contributed by atoms with van der Waals surface area (Å²) in [6.45, 7) is 3.34. The predicted octanol–water partition coefficient (Wildman–Crippen LogP) is 3.41. The summed E-state index contributed by atoms with van der Waals surface area (Å²) in [6.07, 6.45) is 0. The minimum atomic E-state index is -3.89. The van der Waals surface area contributed by atoms with Crippen LogP contribution in [0, 0.1) is 13.8 Å². The van der Waals surface area contributed by atoms with Gasteiger partial charge in [0.1, 0.15) is 16.4 Å². The van der Waals surface area contributed by atoms with Gasteiger partial charge in [0.15, 0.2) is 5.82 Å². The Labute approximate surface area is 160 Å². The molecule has 0 atom stereocenters. The molecular weight excluding hydrogens is 390 g/mol. The van der Waals surface area contributed by atoms with Crippen LogP contribution >= 0.6 is 11.3 Å². The Morgan fingerprint density at radius 2 is 1.96 bits per heavy atom. The molecule has 3 rings (SSSR count). The standard InChI is InChI=1S/C17H17N3O5S2/c1-10-8-16(19-25-10)18-17(21)14-9-15(11(2)26-14)27(22,23)20-12-6-4-5-7-13(12)24-3/h4-9,20H,1-3H3,(H,18,19,21). The van der Waals surface area contributed by atoms with Crippen molar-refractivity contribution in [2.45, 2.75) is 18.7 Å². The molecule has 3 aromatic rings. The molecule has 0 bridgehead atoms. The summed E-state index contributed by atoms with van der Waals surface area (Å²) in [5.41, 5.74) is 0.315. The lowest BCUT2D eigenvalue weighted by molar-refractivity contribution is 0.102. The molecule has 27 heavy (non-hydrogen) atoms. The van der Waals surface area contributed by atoms with Crippen LogP contribution in [0.3, 0.4) is 0 Å². The second-order valence-electron chi connectivity index (χ2n) is 5.61. The Morgan fingerprint density at radius 3 is 2.63 bits per heavy atom. The van der Waals surface area contributed by atoms with Gasteiger partial charge in [0.25, 0.3) is 15.9 Å². The van der Waals surface area contributed by atoms with Gasteiger partial charge in [-0.1, -0.05) is 17.3 Å². The molecule has 0 aliphatic carbocycles. The van der Waals surface area contributed by atoms with Gasteiger partial charge in [-0.2, -0.15) is 0 Å². The average Bonchev–Trinajstić information content (AvgIpc) is 3.21. The van der Waals surface area contributed by atoms with E-state index in [1.54, 1.807) is 44.2 Å². The van der Waals surface area contributed by atoms with Gasteiger partial charge in [-0.15, -0.1) is 11.3 Å². The van der Waals surface area contributed by atoms with Crippen molar-refractivity contribution in [1.29, 1.82) is 0 Å².